The van der Waals surface area contributed by atoms with E-state index in [-0.39, 0.29) is 5.91 Å². The number of nitrogens with one attached hydrogen (secondary N) is 1. The molecular weight excluding hydrogens is 372 g/mol. The Morgan fingerprint density at radius 2 is 1.83 bits per heavy atom. The molecule has 0 bridgehead atoms. The monoisotopic (exact) mass is 394 g/mol. The summed E-state index contributed by atoms with van der Waals surface area (Å²) in [6, 6.07) is 13.3. The van der Waals surface area contributed by atoms with Crippen LogP contribution in [-0.2, 0) is 4.79 Å². The minimum atomic E-state index is -0.786. The molecule has 0 saturated heterocycles. The number of rotatable bonds is 7. The highest BCUT2D eigenvalue weighted by Crippen LogP contribution is 2.21. The molecular formula is C21H22N4O4. The average Bonchev–Trinajstić information content (AvgIpc) is 2.75. The molecule has 0 unspecified atom stereocenters. The number of amides is 1. The highest BCUT2D eigenvalue weighted by Gasteiger charge is 2.22. The number of hydrogen-bond donors (Lipinski definition) is 1. The molecule has 1 heterocycles. The van der Waals surface area contributed by atoms with Gasteiger partial charge in [0.25, 0.3) is 0 Å². The van der Waals surface area contributed by atoms with Crippen LogP contribution in [0.3, 0.4) is 0 Å². The Hall–Kier alpha value is -3.68. The number of carbonyl (C=O) groups excluding carboxylic acids is 1. The number of hydrogen-bond acceptors (Lipinski definition) is 6. The van der Waals surface area contributed by atoms with E-state index in [0.717, 1.165) is 10.2 Å². The molecule has 2 aromatic carbocycles. The molecule has 0 radical (unpaired) electrons. The quantitative estimate of drug-likeness (QED) is 0.662. The first-order chi connectivity index (χ1) is 14.0. The summed E-state index contributed by atoms with van der Waals surface area (Å²) in [5.41, 5.74) is 1.14. The minimum absolute atomic E-state index is 0.352. The normalized spacial score (nSPS) is 11.6. The number of carbonyl (C=O) groups is 1. The number of anilines is 1. The average molecular weight is 394 g/mol. The molecule has 1 atom stereocenters. The second-order valence-electron chi connectivity index (χ2n) is 6.24. The third-order valence-corrected chi connectivity index (χ3v) is 4.42. The van der Waals surface area contributed by atoms with Crippen LogP contribution < -0.4 is 20.5 Å². The zero-order chi connectivity index (χ0) is 20.8. The molecule has 8 heteroatoms. The van der Waals surface area contributed by atoms with Crippen molar-refractivity contribution >= 4 is 11.6 Å². The molecule has 1 aromatic heterocycles. The summed E-state index contributed by atoms with van der Waals surface area (Å²) >= 11 is 0. The molecule has 1 N–H and O–H groups in total. The first-order valence-corrected chi connectivity index (χ1v) is 9.11. The molecule has 8 nitrogen and oxygen atoms in total. The van der Waals surface area contributed by atoms with Gasteiger partial charge in [0.2, 0.25) is 5.91 Å². The van der Waals surface area contributed by atoms with Crippen molar-refractivity contribution in [1.82, 2.24) is 14.8 Å². The van der Waals surface area contributed by atoms with Gasteiger partial charge >= 0.3 is 5.69 Å². The van der Waals surface area contributed by atoms with Crippen molar-refractivity contribution in [3.8, 4) is 22.8 Å². The molecule has 0 aliphatic heterocycles. The third kappa shape index (κ3) is 4.60. The predicted octanol–water partition coefficient (Wildman–Crippen LogP) is 2.91. The SMILES string of the molecule is CC[C@@H](C(=O)Nc1cccc(OC)c1)n1ncc(-c2ccc(OC)cc2)nc1=O. The number of aromatic nitrogens is 3. The van der Waals surface area contributed by atoms with Gasteiger partial charge < -0.3 is 14.8 Å². The van der Waals surface area contributed by atoms with Crippen molar-refractivity contribution in [3.63, 3.8) is 0 Å². The van der Waals surface area contributed by atoms with E-state index < -0.39 is 11.7 Å². The van der Waals surface area contributed by atoms with Crippen LogP contribution in [0.1, 0.15) is 19.4 Å². The Bertz CT molecular complexity index is 1050. The lowest BCUT2D eigenvalue weighted by atomic mass is 10.1. The van der Waals surface area contributed by atoms with Gasteiger partial charge in [-0.05, 0) is 42.8 Å². The number of benzene rings is 2. The second-order valence-corrected chi connectivity index (χ2v) is 6.24. The highest BCUT2D eigenvalue weighted by atomic mass is 16.5. The standard InChI is InChI=1S/C21H22N4O4/c1-4-19(20(26)23-15-6-5-7-17(12-15)29-3)25-21(27)24-18(13-22-25)14-8-10-16(28-2)11-9-14/h5-13,19H,4H2,1-3H3,(H,23,26)/t19-/m0/s1. The summed E-state index contributed by atoms with van der Waals surface area (Å²) in [5, 5.41) is 6.98. The molecule has 0 fully saturated rings. The summed E-state index contributed by atoms with van der Waals surface area (Å²) in [5.74, 6) is 0.973. The largest absolute Gasteiger partial charge is 0.497 e. The predicted molar refractivity (Wildman–Crippen MR) is 109 cm³/mol. The second kappa shape index (κ2) is 9.01. The topological polar surface area (TPSA) is 95.3 Å². The Morgan fingerprint density at radius 3 is 2.45 bits per heavy atom. The Labute approximate surface area is 168 Å². The van der Waals surface area contributed by atoms with Crippen molar-refractivity contribution in [1.29, 1.82) is 0 Å². The van der Waals surface area contributed by atoms with Gasteiger partial charge in [-0.15, -0.1) is 0 Å². The fourth-order valence-electron chi connectivity index (χ4n) is 2.86. The van der Waals surface area contributed by atoms with Gasteiger partial charge in [-0.25, -0.2) is 9.48 Å². The first-order valence-electron chi connectivity index (χ1n) is 9.11. The van der Waals surface area contributed by atoms with Crippen LogP contribution in [0, 0.1) is 0 Å². The lowest BCUT2D eigenvalue weighted by molar-refractivity contribution is -0.119. The molecule has 150 valence electrons. The van der Waals surface area contributed by atoms with Crippen molar-refractivity contribution in [2.24, 2.45) is 0 Å². The van der Waals surface area contributed by atoms with E-state index >= 15 is 0 Å². The lowest BCUT2D eigenvalue weighted by Gasteiger charge is -2.16. The van der Waals surface area contributed by atoms with Gasteiger partial charge in [0.1, 0.15) is 17.5 Å². The van der Waals surface area contributed by atoms with E-state index in [1.54, 1.807) is 69.7 Å². The van der Waals surface area contributed by atoms with Crippen LogP contribution in [0.25, 0.3) is 11.3 Å². The van der Waals surface area contributed by atoms with Gasteiger partial charge in [-0.2, -0.15) is 10.1 Å². The summed E-state index contributed by atoms with van der Waals surface area (Å²) in [6.07, 6.45) is 1.86. The van der Waals surface area contributed by atoms with E-state index in [0.29, 0.717) is 29.3 Å². The maximum Gasteiger partial charge on any atom is 0.365 e. The molecule has 0 saturated carbocycles. The first kappa shape index (κ1) is 20.1. The number of ether oxygens (including phenoxy) is 2. The Kier molecular flexibility index (Phi) is 6.23. The van der Waals surface area contributed by atoms with Crippen LogP contribution in [-0.4, -0.2) is 34.9 Å². The molecule has 3 rings (SSSR count). The van der Waals surface area contributed by atoms with Crippen molar-refractivity contribution in [3.05, 3.63) is 65.2 Å². The highest BCUT2D eigenvalue weighted by molar-refractivity contribution is 5.93. The minimum Gasteiger partial charge on any atom is -0.497 e. The van der Waals surface area contributed by atoms with E-state index in [1.807, 2.05) is 0 Å². The van der Waals surface area contributed by atoms with Crippen LogP contribution in [0.5, 0.6) is 11.5 Å². The maximum absolute atomic E-state index is 12.7. The van der Waals surface area contributed by atoms with E-state index in [9.17, 15) is 9.59 Å². The van der Waals surface area contributed by atoms with Crippen LogP contribution in [0.4, 0.5) is 5.69 Å². The molecule has 0 aliphatic carbocycles. The van der Waals surface area contributed by atoms with Gasteiger partial charge in [-0.3, -0.25) is 4.79 Å². The number of methoxy groups -OCH3 is 2. The lowest BCUT2D eigenvalue weighted by Crippen LogP contribution is -2.36. The fourth-order valence-corrected chi connectivity index (χ4v) is 2.86. The third-order valence-electron chi connectivity index (χ3n) is 4.42. The van der Waals surface area contributed by atoms with Crippen molar-refractivity contribution in [2.45, 2.75) is 19.4 Å². The van der Waals surface area contributed by atoms with Gasteiger partial charge in [-0.1, -0.05) is 13.0 Å². The molecule has 3 aromatic rings. The number of nitrogens with zero attached hydrogens (tertiary/aromatic N) is 3. The van der Waals surface area contributed by atoms with E-state index in [1.165, 1.54) is 6.20 Å². The summed E-state index contributed by atoms with van der Waals surface area (Å²) in [6.45, 7) is 1.81. The Morgan fingerprint density at radius 1 is 1.10 bits per heavy atom. The zero-order valence-corrected chi connectivity index (χ0v) is 16.5. The molecule has 0 spiro atoms. The van der Waals surface area contributed by atoms with Crippen LogP contribution >= 0.6 is 0 Å². The van der Waals surface area contributed by atoms with E-state index in [2.05, 4.69) is 15.4 Å². The summed E-state index contributed by atoms with van der Waals surface area (Å²) < 4.78 is 11.4. The van der Waals surface area contributed by atoms with Gasteiger partial charge in [0.15, 0.2) is 0 Å². The van der Waals surface area contributed by atoms with Crippen molar-refractivity contribution < 1.29 is 14.3 Å². The maximum atomic E-state index is 12.7. The Balaban J connectivity index is 1.83. The smallest absolute Gasteiger partial charge is 0.365 e. The van der Waals surface area contributed by atoms with Gasteiger partial charge in [0, 0.05) is 17.3 Å². The van der Waals surface area contributed by atoms with Crippen molar-refractivity contribution in [2.75, 3.05) is 19.5 Å². The fraction of sp³-hybridized carbons (Fsp3) is 0.238. The molecule has 1 amide bonds. The molecule has 29 heavy (non-hydrogen) atoms. The zero-order valence-electron chi connectivity index (χ0n) is 16.5. The summed E-state index contributed by atoms with van der Waals surface area (Å²) in [4.78, 5) is 29.4. The van der Waals surface area contributed by atoms with Gasteiger partial charge in [0.05, 0.1) is 26.1 Å². The summed E-state index contributed by atoms with van der Waals surface area (Å²) in [7, 11) is 3.13. The van der Waals surface area contributed by atoms with Crippen LogP contribution in [0.2, 0.25) is 0 Å². The molecule has 0 aliphatic rings. The van der Waals surface area contributed by atoms with E-state index in [4.69, 9.17) is 9.47 Å². The van der Waals surface area contributed by atoms with Crippen LogP contribution in [0.15, 0.2) is 59.5 Å².